The zero-order valence-electron chi connectivity index (χ0n) is 14.2. The molecule has 21 heavy (non-hydrogen) atoms. The van der Waals surface area contributed by atoms with Crippen molar-refractivity contribution in [1.29, 1.82) is 0 Å². The molecule has 1 fully saturated rings. The summed E-state index contributed by atoms with van der Waals surface area (Å²) in [6.45, 7) is 11.1. The van der Waals surface area contributed by atoms with E-state index in [0.717, 1.165) is 12.1 Å². The molecule has 2 N–H and O–H groups in total. The molecule has 3 atom stereocenters. The van der Waals surface area contributed by atoms with Crippen LogP contribution in [0.3, 0.4) is 0 Å². The maximum atomic E-state index is 9.55. The number of aliphatic hydroxyl groups is 1. The molecule has 0 aromatic carbocycles. The van der Waals surface area contributed by atoms with Crippen LogP contribution in [-0.2, 0) is 5.54 Å². The number of aryl methyl sites for hydroxylation is 1. The summed E-state index contributed by atoms with van der Waals surface area (Å²) in [5.74, 6) is 0.402. The topological polar surface area (TPSA) is 50.1 Å². The highest BCUT2D eigenvalue weighted by Crippen LogP contribution is 2.27. The molecular formula is C17H31N3O. The van der Waals surface area contributed by atoms with Crippen LogP contribution >= 0.6 is 0 Å². The number of nitrogens with zero attached hydrogens (tertiary/aromatic N) is 2. The van der Waals surface area contributed by atoms with Gasteiger partial charge in [0.25, 0.3) is 0 Å². The lowest BCUT2D eigenvalue weighted by atomic mass is 9.84. The van der Waals surface area contributed by atoms with E-state index >= 15 is 0 Å². The lowest BCUT2D eigenvalue weighted by Gasteiger charge is -2.33. The molecule has 0 spiro atoms. The average molecular weight is 293 g/mol. The Hall–Kier alpha value is -0.870. The predicted molar refractivity (Wildman–Crippen MR) is 86.3 cm³/mol. The first kappa shape index (κ1) is 16.5. The smallest absolute Gasteiger partial charge is 0.0641 e. The van der Waals surface area contributed by atoms with Crippen LogP contribution in [0, 0.1) is 12.8 Å². The van der Waals surface area contributed by atoms with Crippen molar-refractivity contribution in [3.63, 3.8) is 0 Å². The number of hydrogen-bond acceptors (Lipinski definition) is 3. The van der Waals surface area contributed by atoms with Gasteiger partial charge in [0.2, 0.25) is 0 Å². The van der Waals surface area contributed by atoms with Gasteiger partial charge >= 0.3 is 0 Å². The minimum Gasteiger partial charge on any atom is -0.396 e. The third kappa shape index (κ3) is 3.86. The van der Waals surface area contributed by atoms with Crippen LogP contribution in [0.15, 0.2) is 6.20 Å². The second-order valence-electron chi connectivity index (χ2n) is 7.51. The number of aromatic nitrogens is 2. The van der Waals surface area contributed by atoms with Crippen molar-refractivity contribution in [3.05, 3.63) is 17.5 Å². The molecule has 0 amide bonds. The first-order chi connectivity index (χ1) is 9.82. The Morgan fingerprint density at radius 3 is 2.62 bits per heavy atom. The Balaban J connectivity index is 2.09. The molecule has 3 unspecified atom stereocenters. The van der Waals surface area contributed by atoms with E-state index in [1.807, 2.05) is 0 Å². The van der Waals surface area contributed by atoms with Gasteiger partial charge < -0.3 is 10.4 Å². The van der Waals surface area contributed by atoms with Crippen LogP contribution in [0.25, 0.3) is 0 Å². The highest BCUT2D eigenvalue weighted by Gasteiger charge is 2.27. The second-order valence-corrected chi connectivity index (χ2v) is 7.51. The third-order valence-electron chi connectivity index (χ3n) is 4.70. The molecule has 2 rings (SSSR count). The van der Waals surface area contributed by atoms with Crippen molar-refractivity contribution >= 4 is 0 Å². The molecule has 4 nitrogen and oxygen atoms in total. The van der Waals surface area contributed by atoms with Gasteiger partial charge in [0.05, 0.1) is 11.2 Å². The van der Waals surface area contributed by atoms with Crippen molar-refractivity contribution < 1.29 is 5.11 Å². The first-order valence-corrected chi connectivity index (χ1v) is 8.26. The number of aliphatic hydroxyl groups excluding tert-OH is 1. The fourth-order valence-electron chi connectivity index (χ4n) is 3.30. The predicted octanol–water partition coefficient (Wildman–Crippen LogP) is 3.15. The maximum Gasteiger partial charge on any atom is 0.0641 e. The fraction of sp³-hybridized carbons (Fsp3) is 0.824. The molecule has 1 aliphatic rings. The van der Waals surface area contributed by atoms with Crippen molar-refractivity contribution in [2.45, 2.75) is 77.9 Å². The van der Waals surface area contributed by atoms with Crippen LogP contribution in [0.4, 0.5) is 0 Å². The summed E-state index contributed by atoms with van der Waals surface area (Å²) in [6, 6.07) is 0.703. The summed E-state index contributed by atoms with van der Waals surface area (Å²) >= 11 is 0. The Morgan fingerprint density at radius 2 is 2.05 bits per heavy atom. The molecule has 0 bridgehead atoms. The summed E-state index contributed by atoms with van der Waals surface area (Å²) in [6.07, 6.45) is 6.99. The van der Waals surface area contributed by atoms with E-state index in [-0.39, 0.29) is 11.6 Å². The lowest BCUT2D eigenvalue weighted by Crippen LogP contribution is -2.41. The molecule has 1 aromatic rings. The highest BCUT2D eigenvalue weighted by atomic mass is 16.3. The summed E-state index contributed by atoms with van der Waals surface area (Å²) < 4.78 is 2.06. The second kappa shape index (κ2) is 6.49. The zero-order chi connectivity index (χ0) is 15.6. The number of rotatable bonds is 4. The van der Waals surface area contributed by atoms with E-state index in [1.54, 1.807) is 0 Å². The van der Waals surface area contributed by atoms with Crippen molar-refractivity contribution in [2.75, 3.05) is 6.61 Å². The first-order valence-electron chi connectivity index (χ1n) is 8.26. The molecule has 1 saturated carbocycles. The Morgan fingerprint density at radius 1 is 1.38 bits per heavy atom. The Bertz CT molecular complexity index is 461. The zero-order valence-corrected chi connectivity index (χ0v) is 14.2. The molecule has 1 aliphatic carbocycles. The van der Waals surface area contributed by atoms with Gasteiger partial charge in [-0.1, -0.05) is 12.8 Å². The number of hydrogen-bond donors (Lipinski definition) is 2. The third-order valence-corrected chi connectivity index (χ3v) is 4.70. The van der Waals surface area contributed by atoms with E-state index in [4.69, 9.17) is 0 Å². The normalized spacial score (nSPS) is 25.0. The standard InChI is InChI=1S/C17H31N3O/c1-12(18-16-9-7-6-8-14(16)11-21)15-10-20(17(3,4)5)19-13(15)2/h10,12,14,16,18,21H,6-9,11H2,1-5H3. The van der Waals surface area contributed by atoms with Crippen LogP contribution in [0.1, 0.15) is 70.7 Å². The largest absolute Gasteiger partial charge is 0.396 e. The highest BCUT2D eigenvalue weighted by molar-refractivity contribution is 5.20. The maximum absolute atomic E-state index is 9.55. The van der Waals surface area contributed by atoms with Gasteiger partial charge in [0.1, 0.15) is 0 Å². The van der Waals surface area contributed by atoms with Crippen LogP contribution in [0.2, 0.25) is 0 Å². The van der Waals surface area contributed by atoms with E-state index in [1.165, 1.54) is 24.8 Å². The van der Waals surface area contributed by atoms with Gasteiger partial charge in [0.15, 0.2) is 0 Å². The molecule has 120 valence electrons. The summed E-state index contributed by atoms with van der Waals surface area (Å²) in [5.41, 5.74) is 2.38. The van der Waals surface area contributed by atoms with Crippen LogP contribution in [0.5, 0.6) is 0 Å². The Kier molecular flexibility index (Phi) is 5.10. The van der Waals surface area contributed by atoms with Crippen molar-refractivity contribution in [3.8, 4) is 0 Å². The van der Waals surface area contributed by atoms with Crippen molar-refractivity contribution in [2.24, 2.45) is 5.92 Å². The van der Waals surface area contributed by atoms with Gasteiger partial charge in [-0.2, -0.15) is 5.10 Å². The van der Waals surface area contributed by atoms with Gasteiger partial charge in [-0.3, -0.25) is 4.68 Å². The quantitative estimate of drug-likeness (QED) is 0.896. The van der Waals surface area contributed by atoms with Crippen molar-refractivity contribution in [1.82, 2.24) is 15.1 Å². The molecule has 0 aliphatic heterocycles. The van der Waals surface area contributed by atoms with Gasteiger partial charge in [-0.25, -0.2) is 0 Å². The Labute approximate surface area is 128 Å². The molecular weight excluding hydrogens is 262 g/mol. The SMILES string of the molecule is Cc1nn(C(C)(C)C)cc1C(C)NC1CCCCC1CO. The number of nitrogens with one attached hydrogen (secondary N) is 1. The van der Waals surface area contributed by atoms with Gasteiger partial charge in [0, 0.05) is 30.5 Å². The monoisotopic (exact) mass is 293 g/mol. The van der Waals surface area contributed by atoms with Gasteiger partial charge in [-0.05, 0) is 53.4 Å². The van der Waals surface area contributed by atoms with E-state index < -0.39 is 0 Å². The summed E-state index contributed by atoms with van der Waals surface area (Å²) in [5, 5.41) is 17.9. The van der Waals surface area contributed by atoms with Crippen LogP contribution < -0.4 is 5.32 Å². The van der Waals surface area contributed by atoms with E-state index in [2.05, 4.69) is 55.9 Å². The average Bonchev–Trinajstić information content (AvgIpc) is 2.81. The molecule has 0 radical (unpaired) electrons. The summed E-state index contributed by atoms with van der Waals surface area (Å²) in [7, 11) is 0. The van der Waals surface area contributed by atoms with E-state index in [9.17, 15) is 5.11 Å². The fourth-order valence-corrected chi connectivity index (χ4v) is 3.30. The molecule has 1 heterocycles. The van der Waals surface area contributed by atoms with E-state index in [0.29, 0.717) is 18.6 Å². The molecule has 4 heteroatoms. The minimum atomic E-state index is 0.0151. The molecule has 1 aromatic heterocycles. The summed E-state index contributed by atoms with van der Waals surface area (Å²) in [4.78, 5) is 0. The molecule has 0 saturated heterocycles. The minimum absolute atomic E-state index is 0.0151. The lowest BCUT2D eigenvalue weighted by molar-refractivity contribution is 0.147. The van der Waals surface area contributed by atoms with Crippen LogP contribution in [-0.4, -0.2) is 27.5 Å². The van der Waals surface area contributed by atoms with Gasteiger partial charge in [-0.15, -0.1) is 0 Å².